The van der Waals surface area contributed by atoms with Gasteiger partial charge in [0.2, 0.25) is 5.91 Å². The van der Waals surface area contributed by atoms with Gasteiger partial charge in [0.15, 0.2) is 0 Å². The standard InChI is InChI=1S/C23H27N3O4/c1-30-22(28)19-8-10-20(11-9-19)25-23(29)24-15-17-7-12-21(27)26(14-13-17)16-18-5-3-2-4-6-18/h2-6,8-11,17H,7,12-16H2,1H3,(H2,24,25,29). The molecular formula is C23H27N3O4. The highest BCUT2D eigenvalue weighted by Gasteiger charge is 2.23. The molecule has 1 aliphatic rings. The summed E-state index contributed by atoms with van der Waals surface area (Å²) in [6, 6.07) is 16.2. The van der Waals surface area contributed by atoms with E-state index in [9.17, 15) is 14.4 Å². The van der Waals surface area contributed by atoms with Crippen LogP contribution in [0.4, 0.5) is 10.5 Å². The van der Waals surface area contributed by atoms with Gasteiger partial charge in [0.05, 0.1) is 12.7 Å². The molecule has 0 saturated carbocycles. The highest BCUT2D eigenvalue weighted by atomic mass is 16.5. The number of urea groups is 1. The Balaban J connectivity index is 1.44. The van der Waals surface area contributed by atoms with E-state index in [4.69, 9.17) is 0 Å². The Hall–Kier alpha value is -3.35. The first-order valence-electron chi connectivity index (χ1n) is 10.1. The van der Waals surface area contributed by atoms with Crippen LogP contribution in [0.15, 0.2) is 54.6 Å². The molecule has 30 heavy (non-hydrogen) atoms. The van der Waals surface area contributed by atoms with Crippen LogP contribution in [0.2, 0.25) is 0 Å². The third-order valence-electron chi connectivity index (χ3n) is 5.26. The first-order valence-corrected chi connectivity index (χ1v) is 10.1. The van der Waals surface area contributed by atoms with E-state index in [2.05, 4.69) is 15.4 Å². The highest BCUT2D eigenvalue weighted by molar-refractivity contribution is 5.92. The van der Waals surface area contributed by atoms with Crippen molar-refractivity contribution in [1.82, 2.24) is 10.2 Å². The summed E-state index contributed by atoms with van der Waals surface area (Å²) in [5.41, 5.74) is 2.14. The molecule has 3 rings (SSSR count). The monoisotopic (exact) mass is 409 g/mol. The molecule has 1 heterocycles. The third kappa shape index (κ3) is 6.07. The molecule has 2 aromatic rings. The van der Waals surface area contributed by atoms with Crippen molar-refractivity contribution in [3.05, 3.63) is 65.7 Å². The van der Waals surface area contributed by atoms with Crippen LogP contribution in [-0.2, 0) is 16.1 Å². The van der Waals surface area contributed by atoms with E-state index in [-0.39, 0.29) is 17.9 Å². The lowest BCUT2D eigenvalue weighted by atomic mass is 10.0. The molecule has 158 valence electrons. The minimum atomic E-state index is -0.421. The van der Waals surface area contributed by atoms with Crippen LogP contribution in [-0.4, -0.2) is 43.0 Å². The number of carbonyl (C=O) groups is 3. The van der Waals surface area contributed by atoms with Crippen LogP contribution in [0.5, 0.6) is 0 Å². The van der Waals surface area contributed by atoms with Gasteiger partial charge in [0.25, 0.3) is 0 Å². The molecule has 1 fully saturated rings. The lowest BCUT2D eigenvalue weighted by molar-refractivity contribution is -0.131. The average molecular weight is 409 g/mol. The Labute approximate surface area is 176 Å². The van der Waals surface area contributed by atoms with Gasteiger partial charge in [-0.05, 0) is 48.6 Å². The quantitative estimate of drug-likeness (QED) is 0.716. The molecule has 2 aromatic carbocycles. The maximum absolute atomic E-state index is 12.4. The SMILES string of the molecule is COC(=O)c1ccc(NC(=O)NCC2CCC(=O)N(Cc3ccccc3)CC2)cc1. The molecule has 1 saturated heterocycles. The van der Waals surface area contributed by atoms with Gasteiger partial charge in [-0.3, -0.25) is 4.79 Å². The summed E-state index contributed by atoms with van der Waals surface area (Å²) in [7, 11) is 1.32. The van der Waals surface area contributed by atoms with Gasteiger partial charge in [-0.25, -0.2) is 9.59 Å². The molecule has 1 atom stereocenters. The predicted molar refractivity (Wildman–Crippen MR) is 114 cm³/mol. The third-order valence-corrected chi connectivity index (χ3v) is 5.26. The van der Waals surface area contributed by atoms with Gasteiger partial charge in [0.1, 0.15) is 0 Å². The smallest absolute Gasteiger partial charge is 0.337 e. The largest absolute Gasteiger partial charge is 0.465 e. The Morgan fingerprint density at radius 3 is 2.50 bits per heavy atom. The van der Waals surface area contributed by atoms with E-state index in [1.54, 1.807) is 24.3 Å². The van der Waals surface area contributed by atoms with E-state index >= 15 is 0 Å². The summed E-state index contributed by atoms with van der Waals surface area (Å²) in [5, 5.41) is 5.64. The van der Waals surface area contributed by atoms with Gasteiger partial charge in [-0.1, -0.05) is 30.3 Å². The maximum Gasteiger partial charge on any atom is 0.337 e. The van der Waals surface area contributed by atoms with Crippen molar-refractivity contribution in [2.75, 3.05) is 25.5 Å². The molecule has 7 heteroatoms. The summed E-state index contributed by atoms with van der Waals surface area (Å²) in [6.07, 6.45) is 2.11. The molecule has 0 aliphatic carbocycles. The van der Waals surface area contributed by atoms with Crippen molar-refractivity contribution in [2.24, 2.45) is 5.92 Å². The van der Waals surface area contributed by atoms with Crippen LogP contribution in [0.25, 0.3) is 0 Å². The minimum absolute atomic E-state index is 0.163. The second-order valence-electron chi connectivity index (χ2n) is 7.40. The fraction of sp³-hybridized carbons (Fsp3) is 0.348. The molecule has 2 N–H and O–H groups in total. The van der Waals surface area contributed by atoms with E-state index in [1.165, 1.54) is 7.11 Å². The number of nitrogens with one attached hydrogen (secondary N) is 2. The molecule has 0 spiro atoms. The van der Waals surface area contributed by atoms with Gasteiger partial charge in [0, 0.05) is 31.7 Å². The predicted octanol–water partition coefficient (Wildman–Crippen LogP) is 3.42. The Kier molecular flexibility index (Phi) is 7.43. The van der Waals surface area contributed by atoms with Gasteiger partial charge >= 0.3 is 12.0 Å². The first kappa shape index (κ1) is 21.4. The highest BCUT2D eigenvalue weighted by Crippen LogP contribution is 2.20. The summed E-state index contributed by atoms with van der Waals surface area (Å²) in [5.74, 6) is -0.00565. The molecule has 1 aliphatic heterocycles. The Bertz CT molecular complexity index is 868. The molecule has 3 amide bonds. The van der Waals surface area contributed by atoms with Crippen LogP contribution < -0.4 is 10.6 Å². The number of benzene rings is 2. The number of hydrogen-bond donors (Lipinski definition) is 2. The lowest BCUT2D eigenvalue weighted by Crippen LogP contribution is -2.33. The van der Waals surface area contributed by atoms with Crippen molar-refractivity contribution >= 4 is 23.6 Å². The zero-order valence-corrected chi connectivity index (χ0v) is 17.1. The molecule has 0 radical (unpaired) electrons. The van der Waals surface area contributed by atoms with Crippen molar-refractivity contribution < 1.29 is 19.1 Å². The number of hydrogen-bond acceptors (Lipinski definition) is 4. The maximum atomic E-state index is 12.4. The fourth-order valence-electron chi connectivity index (χ4n) is 3.49. The number of methoxy groups -OCH3 is 1. The summed E-state index contributed by atoms with van der Waals surface area (Å²) in [6.45, 7) is 1.83. The van der Waals surface area contributed by atoms with E-state index in [0.717, 1.165) is 18.4 Å². The molecule has 7 nitrogen and oxygen atoms in total. The van der Waals surface area contributed by atoms with Gasteiger partial charge in [-0.2, -0.15) is 0 Å². The summed E-state index contributed by atoms with van der Waals surface area (Å²) < 4.78 is 4.66. The zero-order chi connectivity index (χ0) is 21.3. The van der Waals surface area contributed by atoms with Crippen LogP contribution in [0, 0.1) is 5.92 Å². The minimum Gasteiger partial charge on any atom is -0.465 e. The van der Waals surface area contributed by atoms with Crippen molar-refractivity contribution in [1.29, 1.82) is 0 Å². The number of anilines is 1. The Morgan fingerprint density at radius 1 is 1.07 bits per heavy atom. The number of amides is 3. The number of carbonyl (C=O) groups excluding carboxylic acids is 3. The van der Waals surface area contributed by atoms with Gasteiger partial charge < -0.3 is 20.3 Å². The molecular weight excluding hydrogens is 382 g/mol. The zero-order valence-electron chi connectivity index (χ0n) is 17.1. The van der Waals surface area contributed by atoms with Crippen LogP contribution in [0.1, 0.15) is 35.2 Å². The average Bonchev–Trinajstić information content (AvgIpc) is 2.94. The Morgan fingerprint density at radius 2 is 1.80 bits per heavy atom. The van der Waals surface area contributed by atoms with Gasteiger partial charge in [-0.15, -0.1) is 0 Å². The fourth-order valence-corrected chi connectivity index (χ4v) is 3.49. The van der Waals surface area contributed by atoms with Crippen LogP contribution in [0.3, 0.4) is 0 Å². The second kappa shape index (κ2) is 10.4. The normalized spacial score (nSPS) is 16.5. The number of likely N-dealkylation sites (tertiary alicyclic amines) is 1. The summed E-state index contributed by atoms with van der Waals surface area (Å²) in [4.78, 5) is 38.0. The topological polar surface area (TPSA) is 87.7 Å². The van der Waals surface area contributed by atoms with E-state index in [1.807, 2.05) is 35.2 Å². The lowest BCUT2D eigenvalue weighted by Gasteiger charge is -2.21. The molecule has 0 aromatic heterocycles. The van der Waals surface area contributed by atoms with Crippen molar-refractivity contribution in [3.63, 3.8) is 0 Å². The summed E-state index contributed by atoms with van der Waals surface area (Å²) >= 11 is 0. The number of nitrogens with zero attached hydrogens (tertiary/aromatic N) is 1. The van der Waals surface area contributed by atoms with Crippen molar-refractivity contribution in [3.8, 4) is 0 Å². The number of ether oxygens (including phenoxy) is 1. The second-order valence-corrected chi connectivity index (χ2v) is 7.40. The number of rotatable bonds is 6. The van der Waals surface area contributed by atoms with E-state index < -0.39 is 5.97 Å². The van der Waals surface area contributed by atoms with Crippen molar-refractivity contribution in [2.45, 2.75) is 25.8 Å². The van der Waals surface area contributed by atoms with Crippen LogP contribution >= 0.6 is 0 Å². The molecule has 1 unspecified atom stereocenters. The van der Waals surface area contributed by atoms with E-state index in [0.29, 0.717) is 37.3 Å². The number of esters is 1. The first-order chi connectivity index (χ1) is 14.5. The molecule has 0 bridgehead atoms.